The van der Waals surface area contributed by atoms with E-state index in [1.165, 1.54) is 0 Å². The molecule has 0 radical (unpaired) electrons. The molecular weight excluding hydrogens is 314 g/mol. The van der Waals surface area contributed by atoms with E-state index in [1.807, 2.05) is 36.4 Å². The topological polar surface area (TPSA) is 109 Å². The molecule has 4 aromatic heterocycles. The Morgan fingerprint density at radius 1 is 0.960 bits per heavy atom. The molecule has 7 nitrogen and oxygen atoms in total. The van der Waals surface area contributed by atoms with E-state index < -0.39 is 0 Å². The molecule has 7 heteroatoms. The summed E-state index contributed by atoms with van der Waals surface area (Å²) < 4.78 is 0. The quantitative estimate of drug-likeness (QED) is 0.461. The molecule has 1 aromatic carbocycles. The summed E-state index contributed by atoms with van der Waals surface area (Å²) >= 11 is 0. The number of anilines is 1. The van der Waals surface area contributed by atoms with Gasteiger partial charge in [-0.15, -0.1) is 0 Å². The normalized spacial score (nSPS) is 11.4. The van der Waals surface area contributed by atoms with Crippen LogP contribution in [0.2, 0.25) is 0 Å². The minimum absolute atomic E-state index is 0.601. The predicted molar refractivity (Wildman–Crippen MR) is 96.6 cm³/mol. The number of imidazole rings is 1. The molecule has 0 atom stereocenters. The molecule has 0 bridgehead atoms. The Morgan fingerprint density at radius 2 is 1.88 bits per heavy atom. The number of aromatic nitrogens is 6. The molecule has 0 spiro atoms. The average molecular weight is 327 g/mol. The van der Waals surface area contributed by atoms with Crippen LogP contribution < -0.4 is 5.73 Å². The van der Waals surface area contributed by atoms with Gasteiger partial charge in [0.25, 0.3) is 0 Å². The maximum absolute atomic E-state index is 5.83. The number of H-pyrrole nitrogens is 2. The van der Waals surface area contributed by atoms with Crippen molar-refractivity contribution in [3.05, 3.63) is 55.0 Å². The van der Waals surface area contributed by atoms with E-state index in [0.29, 0.717) is 5.69 Å². The molecule has 0 saturated carbocycles. The lowest BCUT2D eigenvalue weighted by atomic mass is 10.1. The SMILES string of the molecule is Nc1cncc(-c2cc3c(-c4nc5ccccc5[nH]4)n[nH]c3cn2)c1. The predicted octanol–water partition coefficient (Wildman–Crippen LogP) is 3.15. The number of hydrogen-bond acceptors (Lipinski definition) is 5. The van der Waals surface area contributed by atoms with Crippen LogP contribution in [0, 0.1) is 0 Å². The summed E-state index contributed by atoms with van der Waals surface area (Å²) in [5.74, 6) is 0.718. The standard InChI is InChI=1S/C18H13N7/c19-11-5-10(7-20-8-11)15-6-12-16(9-21-15)24-25-17(12)18-22-13-3-1-2-4-14(13)23-18/h1-9H,19H2,(H,22,23)(H,24,25). The number of nitrogens with two attached hydrogens (primary N) is 1. The first-order valence-electron chi connectivity index (χ1n) is 7.78. The summed E-state index contributed by atoms with van der Waals surface area (Å²) in [5.41, 5.74) is 11.6. The van der Waals surface area contributed by atoms with Gasteiger partial charge in [-0.2, -0.15) is 5.10 Å². The summed E-state index contributed by atoms with van der Waals surface area (Å²) in [7, 11) is 0. The zero-order valence-electron chi connectivity index (χ0n) is 13.1. The molecule has 0 unspecified atom stereocenters. The first-order valence-corrected chi connectivity index (χ1v) is 7.78. The molecule has 5 aromatic rings. The lowest BCUT2D eigenvalue weighted by Crippen LogP contribution is -1.90. The van der Waals surface area contributed by atoms with Crippen molar-refractivity contribution in [3.63, 3.8) is 0 Å². The van der Waals surface area contributed by atoms with Gasteiger partial charge in [0.05, 0.1) is 34.1 Å². The Balaban J connectivity index is 1.70. The molecule has 0 saturated heterocycles. The molecule has 5 rings (SSSR count). The maximum Gasteiger partial charge on any atom is 0.159 e. The summed E-state index contributed by atoms with van der Waals surface area (Å²) in [4.78, 5) is 16.5. The van der Waals surface area contributed by atoms with Crippen molar-refractivity contribution in [2.24, 2.45) is 0 Å². The number of pyridine rings is 2. The molecule has 0 aliphatic carbocycles. The molecule has 4 N–H and O–H groups in total. The van der Waals surface area contributed by atoms with Gasteiger partial charge < -0.3 is 10.7 Å². The zero-order chi connectivity index (χ0) is 16.8. The van der Waals surface area contributed by atoms with Crippen LogP contribution in [0.3, 0.4) is 0 Å². The van der Waals surface area contributed by atoms with Crippen LogP contribution in [-0.2, 0) is 0 Å². The van der Waals surface area contributed by atoms with Crippen LogP contribution in [-0.4, -0.2) is 30.1 Å². The van der Waals surface area contributed by atoms with Crippen LogP contribution in [0.5, 0.6) is 0 Å². The van der Waals surface area contributed by atoms with E-state index in [0.717, 1.165) is 44.7 Å². The van der Waals surface area contributed by atoms with Gasteiger partial charge in [0, 0.05) is 23.3 Å². The number of para-hydroxylation sites is 2. The number of benzene rings is 1. The average Bonchev–Trinajstić information content (AvgIpc) is 3.24. The highest BCUT2D eigenvalue weighted by molar-refractivity contribution is 5.94. The van der Waals surface area contributed by atoms with Crippen molar-refractivity contribution < 1.29 is 0 Å². The number of nitrogen functional groups attached to an aromatic ring is 1. The Morgan fingerprint density at radius 3 is 2.76 bits per heavy atom. The van der Waals surface area contributed by atoms with Crippen molar-refractivity contribution in [2.45, 2.75) is 0 Å². The van der Waals surface area contributed by atoms with E-state index in [-0.39, 0.29) is 0 Å². The third kappa shape index (κ3) is 2.21. The van der Waals surface area contributed by atoms with Crippen LogP contribution in [0.1, 0.15) is 0 Å². The molecule has 120 valence electrons. The first-order chi connectivity index (χ1) is 12.3. The molecule has 0 aliphatic rings. The van der Waals surface area contributed by atoms with Gasteiger partial charge >= 0.3 is 0 Å². The highest BCUT2D eigenvalue weighted by atomic mass is 15.1. The van der Waals surface area contributed by atoms with Gasteiger partial charge in [0.2, 0.25) is 0 Å². The monoisotopic (exact) mass is 327 g/mol. The molecular formula is C18H13N7. The fraction of sp³-hybridized carbons (Fsp3) is 0. The Hall–Kier alpha value is -3.74. The minimum Gasteiger partial charge on any atom is -0.397 e. The van der Waals surface area contributed by atoms with E-state index in [2.05, 4.69) is 30.1 Å². The number of hydrogen-bond donors (Lipinski definition) is 3. The number of nitrogens with zero attached hydrogens (tertiary/aromatic N) is 4. The smallest absolute Gasteiger partial charge is 0.159 e. The summed E-state index contributed by atoms with van der Waals surface area (Å²) in [6.45, 7) is 0. The molecule has 25 heavy (non-hydrogen) atoms. The highest BCUT2D eigenvalue weighted by Gasteiger charge is 2.14. The van der Waals surface area contributed by atoms with Gasteiger partial charge in [-0.25, -0.2) is 4.98 Å². The van der Waals surface area contributed by atoms with E-state index in [4.69, 9.17) is 5.73 Å². The molecule has 4 heterocycles. The number of nitrogens with one attached hydrogen (secondary N) is 2. The van der Waals surface area contributed by atoms with Gasteiger partial charge in [-0.3, -0.25) is 15.1 Å². The molecule has 0 fully saturated rings. The second kappa shape index (κ2) is 5.13. The van der Waals surface area contributed by atoms with Crippen molar-refractivity contribution in [3.8, 4) is 22.8 Å². The van der Waals surface area contributed by atoms with E-state index >= 15 is 0 Å². The molecule has 0 amide bonds. The Labute approximate surface area is 142 Å². The number of fused-ring (bicyclic) bond motifs is 2. The van der Waals surface area contributed by atoms with Crippen molar-refractivity contribution >= 4 is 27.6 Å². The lowest BCUT2D eigenvalue weighted by Gasteiger charge is -2.02. The third-order valence-corrected chi connectivity index (χ3v) is 4.12. The summed E-state index contributed by atoms with van der Waals surface area (Å²) in [6, 6.07) is 11.7. The fourth-order valence-corrected chi connectivity index (χ4v) is 2.92. The number of aromatic amines is 2. The summed E-state index contributed by atoms with van der Waals surface area (Å²) in [5, 5.41) is 8.36. The van der Waals surface area contributed by atoms with Crippen LogP contribution in [0.4, 0.5) is 5.69 Å². The zero-order valence-corrected chi connectivity index (χ0v) is 13.1. The van der Waals surface area contributed by atoms with E-state index in [9.17, 15) is 0 Å². The van der Waals surface area contributed by atoms with Crippen LogP contribution in [0.25, 0.3) is 44.7 Å². The van der Waals surface area contributed by atoms with Crippen molar-refractivity contribution in [1.82, 2.24) is 30.1 Å². The van der Waals surface area contributed by atoms with Crippen LogP contribution in [0.15, 0.2) is 55.0 Å². The second-order valence-corrected chi connectivity index (χ2v) is 5.80. The van der Waals surface area contributed by atoms with E-state index in [1.54, 1.807) is 18.6 Å². The van der Waals surface area contributed by atoms with Crippen molar-refractivity contribution in [2.75, 3.05) is 5.73 Å². The number of rotatable bonds is 2. The minimum atomic E-state index is 0.601. The Bertz CT molecular complexity index is 1190. The second-order valence-electron chi connectivity index (χ2n) is 5.80. The lowest BCUT2D eigenvalue weighted by molar-refractivity contribution is 1.10. The van der Waals surface area contributed by atoms with Gasteiger partial charge in [-0.1, -0.05) is 12.1 Å². The largest absolute Gasteiger partial charge is 0.397 e. The van der Waals surface area contributed by atoms with Crippen molar-refractivity contribution in [1.29, 1.82) is 0 Å². The first kappa shape index (κ1) is 13.7. The fourth-order valence-electron chi connectivity index (χ4n) is 2.92. The third-order valence-electron chi connectivity index (χ3n) is 4.12. The van der Waals surface area contributed by atoms with Gasteiger partial charge in [0.15, 0.2) is 5.82 Å². The van der Waals surface area contributed by atoms with Gasteiger partial charge in [0.1, 0.15) is 5.69 Å². The molecule has 0 aliphatic heterocycles. The van der Waals surface area contributed by atoms with Crippen LogP contribution >= 0.6 is 0 Å². The van der Waals surface area contributed by atoms with Gasteiger partial charge in [-0.05, 0) is 24.3 Å². The Kier molecular flexibility index (Phi) is 2.81. The maximum atomic E-state index is 5.83. The highest BCUT2D eigenvalue weighted by Crippen LogP contribution is 2.29. The summed E-state index contributed by atoms with van der Waals surface area (Å²) in [6.07, 6.45) is 5.11.